The van der Waals surface area contributed by atoms with Crippen LogP contribution in [0.5, 0.6) is 0 Å². The molecule has 34 heavy (non-hydrogen) atoms. The molecule has 1 spiro atoms. The van der Waals surface area contributed by atoms with E-state index in [-0.39, 0.29) is 18.0 Å². The van der Waals surface area contributed by atoms with Gasteiger partial charge >= 0.3 is 0 Å². The molecule has 3 aromatic heterocycles. The number of carbonyl (C=O) groups excluding carboxylic acids is 1. The first kappa shape index (κ1) is 21.7. The predicted molar refractivity (Wildman–Crippen MR) is 129 cm³/mol. The minimum absolute atomic E-state index is 0.0173. The maximum Gasteiger partial charge on any atom is 0.263 e. The second kappa shape index (κ2) is 8.12. The molecule has 10 nitrogen and oxygen atoms in total. The third kappa shape index (κ3) is 3.59. The Bertz CT molecular complexity index is 1270. The van der Waals surface area contributed by atoms with Crippen LogP contribution in [0.3, 0.4) is 0 Å². The summed E-state index contributed by atoms with van der Waals surface area (Å²) in [4.78, 5) is 30.0. The third-order valence-corrected chi connectivity index (χ3v) is 7.93. The zero-order valence-electron chi connectivity index (χ0n) is 18.9. The van der Waals surface area contributed by atoms with Crippen LogP contribution in [0.15, 0.2) is 18.3 Å². The molecule has 3 aromatic rings. The van der Waals surface area contributed by atoms with Gasteiger partial charge in [0.2, 0.25) is 5.79 Å². The van der Waals surface area contributed by atoms with Gasteiger partial charge in [0.25, 0.3) is 5.91 Å². The molecule has 5 heterocycles. The number of aromatic nitrogens is 3. The average Bonchev–Trinajstić information content (AvgIpc) is 3.52. The Balaban J connectivity index is 1.15. The highest BCUT2D eigenvalue weighted by Crippen LogP contribution is 2.34. The van der Waals surface area contributed by atoms with Gasteiger partial charge in [-0.2, -0.15) is 0 Å². The maximum atomic E-state index is 13.0. The van der Waals surface area contributed by atoms with Gasteiger partial charge in [-0.3, -0.25) is 4.79 Å². The highest BCUT2D eigenvalue weighted by molar-refractivity contribution is 7.21. The number of thiophene rings is 1. The van der Waals surface area contributed by atoms with Crippen molar-refractivity contribution in [1.82, 2.24) is 20.3 Å². The van der Waals surface area contributed by atoms with Crippen LogP contribution in [0, 0.1) is 6.92 Å². The van der Waals surface area contributed by atoms with E-state index in [1.165, 1.54) is 11.3 Å². The average molecular weight is 482 g/mol. The lowest BCUT2D eigenvalue weighted by Crippen LogP contribution is -2.47. The molecular formula is C23H27N7O3S. The number of nitrogens with two attached hydrogens (primary N) is 2. The van der Waals surface area contributed by atoms with Crippen molar-refractivity contribution in [2.75, 3.05) is 36.9 Å². The summed E-state index contributed by atoms with van der Waals surface area (Å²) >= 11 is 1.29. The molecule has 0 radical (unpaired) electrons. The summed E-state index contributed by atoms with van der Waals surface area (Å²) in [5.41, 5.74) is 16.5. The normalized spacial score (nSPS) is 23.5. The lowest BCUT2D eigenvalue weighted by Gasteiger charge is -2.27. The van der Waals surface area contributed by atoms with Crippen molar-refractivity contribution < 1.29 is 14.3 Å². The van der Waals surface area contributed by atoms with Crippen LogP contribution in [0.25, 0.3) is 10.3 Å². The molecule has 11 heteroatoms. The summed E-state index contributed by atoms with van der Waals surface area (Å²) in [5, 5.41) is 3.15. The van der Waals surface area contributed by atoms with Gasteiger partial charge in [-0.15, -0.1) is 11.3 Å². The van der Waals surface area contributed by atoms with Gasteiger partial charge in [0.05, 0.1) is 37.2 Å². The monoisotopic (exact) mass is 481 g/mol. The highest BCUT2D eigenvalue weighted by atomic mass is 32.1. The van der Waals surface area contributed by atoms with Crippen molar-refractivity contribution >= 4 is 39.1 Å². The summed E-state index contributed by atoms with van der Waals surface area (Å²) in [7, 11) is 0. The topological polar surface area (TPSA) is 142 Å². The van der Waals surface area contributed by atoms with E-state index in [9.17, 15) is 4.79 Å². The van der Waals surface area contributed by atoms with E-state index in [2.05, 4.69) is 26.3 Å². The lowest BCUT2D eigenvalue weighted by atomic mass is 9.91. The molecule has 1 aliphatic carbocycles. The molecule has 2 aliphatic heterocycles. The number of pyridine rings is 1. The van der Waals surface area contributed by atoms with Crippen molar-refractivity contribution in [2.24, 2.45) is 5.73 Å². The molecule has 3 aliphatic rings. The van der Waals surface area contributed by atoms with Crippen LogP contribution >= 0.6 is 11.3 Å². The number of nitrogens with zero attached hydrogens (tertiary/aromatic N) is 4. The largest absolute Gasteiger partial charge is 0.396 e. The molecule has 6 rings (SSSR count). The van der Waals surface area contributed by atoms with Crippen LogP contribution in [0.1, 0.15) is 33.0 Å². The number of hydrogen-bond acceptors (Lipinski definition) is 10. The van der Waals surface area contributed by atoms with Crippen LogP contribution in [0.2, 0.25) is 0 Å². The summed E-state index contributed by atoms with van der Waals surface area (Å²) in [6.45, 7) is 4.24. The van der Waals surface area contributed by atoms with E-state index in [1.807, 2.05) is 13.0 Å². The molecule has 1 amide bonds. The van der Waals surface area contributed by atoms with E-state index >= 15 is 0 Å². The van der Waals surface area contributed by atoms with Crippen molar-refractivity contribution in [2.45, 2.75) is 44.1 Å². The molecule has 2 atom stereocenters. The second-order valence-electron chi connectivity index (χ2n) is 9.19. The molecule has 178 valence electrons. The number of rotatable bonds is 3. The number of carbonyl (C=O) groups is 1. The fourth-order valence-electron chi connectivity index (χ4n) is 5.06. The first-order chi connectivity index (χ1) is 16.4. The van der Waals surface area contributed by atoms with Crippen LogP contribution in [-0.4, -0.2) is 65.0 Å². The van der Waals surface area contributed by atoms with Crippen molar-refractivity contribution in [3.8, 4) is 0 Å². The van der Waals surface area contributed by atoms with Crippen molar-refractivity contribution in [3.63, 3.8) is 0 Å². The number of amides is 1. The number of nitrogen functional groups attached to an aromatic ring is 1. The molecule has 0 bridgehead atoms. The van der Waals surface area contributed by atoms with Crippen LogP contribution in [0.4, 0.5) is 11.5 Å². The fourth-order valence-corrected chi connectivity index (χ4v) is 6.06. The Morgan fingerprint density at radius 1 is 1.29 bits per heavy atom. The van der Waals surface area contributed by atoms with Gasteiger partial charge in [-0.25, -0.2) is 15.0 Å². The summed E-state index contributed by atoms with van der Waals surface area (Å²) in [6, 6.07) is 3.94. The first-order valence-electron chi connectivity index (χ1n) is 11.5. The molecule has 0 unspecified atom stereocenters. The quantitative estimate of drug-likeness (QED) is 0.502. The molecule has 0 aromatic carbocycles. The number of fused-ring (bicyclic) bond motifs is 2. The minimum Gasteiger partial charge on any atom is -0.396 e. The van der Waals surface area contributed by atoms with Gasteiger partial charge in [0.1, 0.15) is 21.0 Å². The first-order valence-corrected chi connectivity index (χ1v) is 12.3. The number of ether oxygens (including phenoxy) is 2. The number of aryl methyl sites for hydroxylation is 2. The van der Waals surface area contributed by atoms with E-state index in [1.54, 1.807) is 6.20 Å². The Morgan fingerprint density at radius 2 is 2.12 bits per heavy atom. The number of anilines is 2. The van der Waals surface area contributed by atoms with Gasteiger partial charge in [0, 0.05) is 24.5 Å². The Hall–Kier alpha value is -2.86. The lowest BCUT2D eigenvalue weighted by molar-refractivity contribution is -0.147. The Kier molecular flexibility index (Phi) is 5.17. The van der Waals surface area contributed by atoms with E-state index in [4.69, 9.17) is 25.9 Å². The van der Waals surface area contributed by atoms with Gasteiger partial charge in [-0.05, 0) is 37.8 Å². The smallest absolute Gasteiger partial charge is 0.263 e. The molecule has 2 fully saturated rings. The predicted octanol–water partition coefficient (Wildman–Crippen LogP) is 1.15. The van der Waals surface area contributed by atoms with Crippen molar-refractivity contribution in [3.05, 3.63) is 40.2 Å². The molecule has 5 N–H and O–H groups in total. The van der Waals surface area contributed by atoms with Gasteiger partial charge in [-0.1, -0.05) is 6.07 Å². The number of nitrogens with one attached hydrogen (secondary N) is 1. The SMILES string of the molecule is Cc1cnc2c(N)c(C(=O)N[C@H]3CCc4nc(N5C[C@H](N)C6(C5)OCCO6)ccc4C3)sc2n1. The molecular weight excluding hydrogens is 454 g/mol. The minimum atomic E-state index is -0.717. The summed E-state index contributed by atoms with van der Waals surface area (Å²) in [5.74, 6) is -0.00240. The highest BCUT2D eigenvalue weighted by Gasteiger charge is 2.50. The Morgan fingerprint density at radius 3 is 2.94 bits per heavy atom. The zero-order valence-corrected chi connectivity index (χ0v) is 19.7. The van der Waals surface area contributed by atoms with E-state index in [0.29, 0.717) is 47.2 Å². The van der Waals surface area contributed by atoms with Crippen molar-refractivity contribution in [1.29, 1.82) is 0 Å². The fraction of sp³-hybridized carbons (Fsp3) is 0.478. The van der Waals surface area contributed by atoms with Gasteiger partial charge in [0.15, 0.2) is 0 Å². The van der Waals surface area contributed by atoms with E-state index in [0.717, 1.165) is 42.0 Å². The maximum absolute atomic E-state index is 13.0. The Labute approximate surface area is 200 Å². The summed E-state index contributed by atoms with van der Waals surface area (Å²) in [6.07, 6.45) is 3.99. The van der Waals surface area contributed by atoms with Crippen LogP contribution < -0.4 is 21.7 Å². The molecule has 0 saturated carbocycles. The second-order valence-corrected chi connectivity index (χ2v) is 10.2. The van der Waals surface area contributed by atoms with Gasteiger partial charge < -0.3 is 31.2 Å². The standard InChI is InChI=1S/C23H27N7O3S/c1-12-9-26-19-18(25)20(34-22(19)27-12)21(31)28-14-3-4-15-13(8-14)2-5-17(29-15)30-10-16(24)23(11-30)32-6-7-33-23/h2,5,9,14,16H,3-4,6-8,10-11,24-25H2,1H3,(H,28,31)/t14-,16-/m0/s1. The van der Waals surface area contributed by atoms with E-state index < -0.39 is 5.79 Å². The molecule has 2 saturated heterocycles. The summed E-state index contributed by atoms with van der Waals surface area (Å²) < 4.78 is 11.7. The third-order valence-electron chi connectivity index (χ3n) is 6.84. The zero-order chi connectivity index (χ0) is 23.4. The van der Waals surface area contributed by atoms with Crippen LogP contribution in [-0.2, 0) is 22.3 Å². The number of hydrogen-bond donors (Lipinski definition) is 3.